The first-order valence-electron chi connectivity index (χ1n) is 7.24. The lowest BCUT2D eigenvalue weighted by Gasteiger charge is -2.35. The van der Waals surface area contributed by atoms with E-state index in [1.165, 1.54) is 6.07 Å². The van der Waals surface area contributed by atoms with Gasteiger partial charge in [-0.2, -0.15) is 13.9 Å². The third-order valence-corrected chi connectivity index (χ3v) is 4.27. The lowest BCUT2D eigenvalue weighted by atomic mass is 9.84. The Morgan fingerprint density at radius 2 is 1.92 bits per heavy atom. The van der Waals surface area contributed by atoms with E-state index in [-0.39, 0.29) is 0 Å². The second-order valence-corrected chi connectivity index (χ2v) is 6.43. The average molecular weight is 431 g/mol. The van der Waals surface area contributed by atoms with Gasteiger partial charge >= 0.3 is 5.92 Å². The van der Waals surface area contributed by atoms with Crippen molar-refractivity contribution in [2.75, 3.05) is 0 Å². The van der Waals surface area contributed by atoms with Crippen molar-refractivity contribution in [1.29, 1.82) is 0 Å². The second-order valence-electron chi connectivity index (χ2n) is 5.51. The number of benzene rings is 1. The number of alkyl halides is 2. The van der Waals surface area contributed by atoms with E-state index in [4.69, 9.17) is 0 Å². The van der Waals surface area contributed by atoms with Crippen LogP contribution < -0.4 is 0 Å². The predicted molar refractivity (Wildman–Crippen MR) is 86.1 cm³/mol. The number of hydrogen-bond donors (Lipinski definition) is 1. The van der Waals surface area contributed by atoms with E-state index in [1.54, 1.807) is 0 Å². The van der Waals surface area contributed by atoms with Crippen molar-refractivity contribution in [3.05, 3.63) is 76.5 Å². The van der Waals surface area contributed by atoms with Gasteiger partial charge in [-0.05, 0) is 40.2 Å². The minimum absolute atomic E-state index is 0.423. The van der Waals surface area contributed by atoms with E-state index in [0.29, 0.717) is 10.5 Å². The zero-order valence-electron chi connectivity index (χ0n) is 13.0. The Morgan fingerprint density at radius 3 is 2.50 bits per heavy atom. The van der Waals surface area contributed by atoms with Crippen LogP contribution in [0, 0.1) is 11.6 Å². The maximum absolute atomic E-state index is 15.2. The third-order valence-electron chi connectivity index (χ3n) is 3.80. The first-order valence-corrected chi connectivity index (χ1v) is 8.03. The molecule has 0 bridgehead atoms. The Bertz CT molecular complexity index is 905. The van der Waals surface area contributed by atoms with Crippen molar-refractivity contribution >= 4 is 15.9 Å². The van der Waals surface area contributed by atoms with Gasteiger partial charge in [-0.25, -0.2) is 18.4 Å². The van der Waals surface area contributed by atoms with E-state index < -0.39 is 41.0 Å². The van der Waals surface area contributed by atoms with E-state index in [2.05, 4.69) is 31.0 Å². The summed E-state index contributed by atoms with van der Waals surface area (Å²) in [6.45, 7) is -0.833. The molecule has 1 N–H and O–H groups in total. The quantitative estimate of drug-likeness (QED) is 0.630. The molecule has 0 aliphatic rings. The fourth-order valence-corrected chi connectivity index (χ4v) is 2.74. The maximum atomic E-state index is 15.2. The van der Waals surface area contributed by atoms with Crippen molar-refractivity contribution < 1.29 is 22.7 Å². The van der Waals surface area contributed by atoms with Gasteiger partial charge in [0, 0.05) is 22.3 Å². The number of pyridine rings is 1. The number of halogens is 5. The van der Waals surface area contributed by atoms with Crippen molar-refractivity contribution in [3.8, 4) is 0 Å². The summed E-state index contributed by atoms with van der Waals surface area (Å²) in [5.74, 6) is -6.30. The van der Waals surface area contributed by atoms with Gasteiger partial charge in [-0.3, -0.25) is 4.98 Å². The molecule has 2 heterocycles. The molecular formula is C16H11BrF4N4O. The minimum Gasteiger partial charge on any atom is -0.377 e. The van der Waals surface area contributed by atoms with Crippen LogP contribution in [0.1, 0.15) is 11.3 Å². The molecule has 2 aromatic heterocycles. The Morgan fingerprint density at radius 1 is 1.15 bits per heavy atom. The molecule has 1 atom stereocenters. The summed E-state index contributed by atoms with van der Waals surface area (Å²) >= 11 is 3.08. The summed E-state index contributed by atoms with van der Waals surface area (Å²) in [7, 11) is 0. The van der Waals surface area contributed by atoms with E-state index in [1.807, 2.05) is 0 Å². The Hall–Kier alpha value is -2.33. The molecule has 0 radical (unpaired) electrons. The Kier molecular flexibility index (Phi) is 4.80. The average Bonchev–Trinajstić information content (AvgIpc) is 3.07. The molecular weight excluding hydrogens is 420 g/mol. The second kappa shape index (κ2) is 6.76. The molecule has 3 aromatic rings. The van der Waals surface area contributed by atoms with E-state index in [0.717, 1.165) is 41.7 Å². The van der Waals surface area contributed by atoms with Crippen LogP contribution >= 0.6 is 15.9 Å². The first kappa shape index (κ1) is 18.5. The number of hydrogen-bond acceptors (Lipinski definition) is 4. The van der Waals surface area contributed by atoms with Crippen LogP contribution in [0.4, 0.5) is 17.6 Å². The van der Waals surface area contributed by atoms with Crippen molar-refractivity contribution in [3.63, 3.8) is 0 Å². The zero-order valence-corrected chi connectivity index (χ0v) is 14.5. The number of rotatable bonds is 5. The molecule has 0 aliphatic carbocycles. The van der Waals surface area contributed by atoms with Crippen molar-refractivity contribution in [1.82, 2.24) is 19.7 Å². The van der Waals surface area contributed by atoms with Crippen LogP contribution in [-0.4, -0.2) is 24.9 Å². The van der Waals surface area contributed by atoms with Gasteiger partial charge in [0.1, 0.15) is 30.0 Å². The smallest absolute Gasteiger partial charge is 0.323 e. The summed E-state index contributed by atoms with van der Waals surface area (Å²) in [4.78, 5) is 7.24. The lowest BCUT2D eigenvalue weighted by molar-refractivity contribution is -0.207. The molecule has 0 saturated carbocycles. The highest BCUT2D eigenvalue weighted by molar-refractivity contribution is 9.10. The molecule has 10 heteroatoms. The molecule has 1 aromatic carbocycles. The lowest BCUT2D eigenvalue weighted by Crippen LogP contribution is -2.48. The topological polar surface area (TPSA) is 63.8 Å². The van der Waals surface area contributed by atoms with Crippen LogP contribution in [0.15, 0.2) is 53.7 Å². The number of aliphatic hydroxyl groups is 1. The molecule has 5 nitrogen and oxygen atoms in total. The van der Waals surface area contributed by atoms with Gasteiger partial charge in [-0.1, -0.05) is 0 Å². The fraction of sp³-hybridized carbons (Fsp3) is 0.188. The molecule has 0 saturated heterocycles. The van der Waals surface area contributed by atoms with E-state index >= 15 is 8.78 Å². The summed E-state index contributed by atoms with van der Waals surface area (Å²) in [6, 6.07) is 4.29. The number of nitrogens with zero attached hydrogens (tertiary/aromatic N) is 4. The fourth-order valence-electron chi connectivity index (χ4n) is 2.50. The highest BCUT2D eigenvalue weighted by Crippen LogP contribution is 2.46. The van der Waals surface area contributed by atoms with Crippen molar-refractivity contribution in [2.45, 2.75) is 18.1 Å². The van der Waals surface area contributed by atoms with Gasteiger partial charge in [0.05, 0.1) is 6.54 Å². The van der Waals surface area contributed by atoms with Crippen LogP contribution in [0.5, 0.6) is 0 Å². The minimum atomic E-state index is -4.03. The largest absolute Gasteiger partial charge is 0.377 e. The molecule has 0 spiro atoms. The van der Waals surface area contributed by atoms with Crippen LogP contribution in [0.3, 0.4) is 0 Å². The summed E-state index contributed by atoms with van der Waals surface area (Å²) in [5.41, 5.74) is -4.67. The SMILES string of the molecule is O[C@](Cn1cncn1)(c1ccc(F)cc1F)C(F)(F)c1ccc(Br)cn1. The highest BCUT2D eigenvalue weighted by Gasteiger charge is 2.57. The summed E-state index contributed by atoms with van der Waals surface area (Å²) < 4.78 is 59.4. The summed E-state index contributed by atoms with van der Waals surface area (Å²) in [6.07, 6.45) is 3.30. The highest BCUT2D eigenvalue weighted by atomic mass is 79.9. The maximum Gasteiger partial charge on any atom is 0.323 e. The summed E-state index contributed by atoms with van der Waals surface area (Å²) in [5, 5.41) is 14.6. The zero-order chi connectivity index (χ0) is 18.9. The number of aromatic nitrogens is 4. The molecule has 0 fully saturated rings. The van der Waals surface area contributed by atoms with Crippen LogP contribution in [0.2, 0.25) is 0 Å². The molecule has 136 valence electrons. The van der Waals surface area contributed by atoms with Gasteiger partial charge < -0.3 is 5.11 Å². The predicted octanol–water partition coefficient (Wildman–Crippen LogP) is 3.39. The Labute approximate surface area is 153 Å². The Balaban J connectivity index is 2.17. The molecule has 0 amide bonds. The normalized spacial score (nSPS) is 14.2. The molecule has 0 unspecified atom stereocenters. The standard InChI is InChI=1S/C16H11BrF4N4O/c17-10-1-4-14(23-6-10)16(20,21)15(26,7-25-9-22-8-24-25)12-3-2-11(18)5-13(12)19/h1-6,8-9,26H,7H2/t15-/m1/s1. The van der Waals surface area contributed by atoms with Crippen molar-refractivity contribution in [2.24, 2.45) is 0 Å². The van der Waals surface area contributed by atoms with Crippen LogP contribution in [-0.2, 0) is 18.1 Å². The van der Waals surface area contributed by atoms with Gasteiger partial charge in [0.2, 0.25) is 0 Å². The molecule has 26 heavy (non-hydrogen) atoms. The van der Waals surface area contributed by atoms with Gasteiger partial charge in [0.25, 0.3) is 0 Å². The van der Waals surface area contributed by atoms with Gasteiger partial charge in [-0.15, -0.1) is 0 Å². The van der Waals surface area contributed by atoms with Gasteiger partial charge in [0.15, 0.2) is 5.60 Å². The third kappa shape index (κ3) is 3.21. The van der Waals surface area contributed by atoms with Crippen LogP contribution in [0.25, 0.3) is 0 Å². The molecule has 3 rings (SSSR count). The monoisotopic (exact) mass is 430 g/mol. The first-order chi connectivity index (χ1) is 12.2. The van der Waals surface area contributed by atoms with E-state index in [9.17, 15) is 13.9 Å². The molecule has 0 aliphatic heterocycles.